The second kappa shape index (κ2) is 9.66. The summed E-state index contributed by atoms with van der Waals surface area (Å²) < 4.78 is 2.30. The second-order valence-electron chi connectivity index (χ2n) is 9.49. The van der Waals surface area contributed by atoms with E-state index in [0.29, 0.717) is 0 Å². The number of rotatable bonds is 5. The van der Waals surface area contributed by atoms with Gasteiger partial charge in [0.1, 0.15) is 11.4 Å². The maximum Gasteiger partial charge on any atom is 0.244 e. The Labute approximate surface area is 197 Å². The highest BCUT2D eigenvalue weighted by atomic mass is 35.5. The smallest absolute Gasteiger partial charge is 0.244 e. The summed E-state index contributed by atoms with van der Waals surface area (Å²) in [6, 6.07) is 18.6. The molecule has 1 aromatic heterocycles. The molecular weight excluding hydrogens is 418 g/mol. The van der Waals surface area contributed by atoms with Gasteiger partial charge in [-0.3, -0.25) is 4.79 Å². The fourth-order valence-electron chi connectivity index (χ4n) is 6.48. The third-order valence-electron chi connectivity index (χ3n) is 7.81. The first kappa shape index (κ1) is 22.8. The molecule has 0 bridgehead atoms. The molecule has 0 aliphatic heterocycles. The van der Waals surface area contributed by atoms with E-state index in [-0.39, 0.29) is 30.2 Å². The Kier molecular flexibility index (Phi) is 6.90. The molecule has 2 aromatic carbocycles. The minimum absolute atomic E-state index is 0. The van der Waals surface area contributed by atoms with Crippen molar-refractivity contribution in [1.82, 2.24) is 9.55 Å². The minimum atomic E-state index is -0.720. The van der Waals surface area contributed by atoms with E-state index >= 15 is 0 Å². The fraction of sp³-hybridized carbons (Fsp3) is 0.481. The number of fused-ring (bicyclic) bond motifs is 1. The van der Waals surface area contributed by atoms with Crippen molar-refractivity contribution in [1.29, 1.82) is 0 Å². The van der Waals surface area contributed by atoms with Gasteiger partial charge in [-0.05, 0) is 49.7 Å². The number of imidazole rings is 1. The summed E-state index contributed by atoms with van der Waals surface area (Å²) in [6.45, 7) is 0. The van der Waals surface area contributed by atoms with E-state index in [0.717, 1.165) is 48.1 Å². The highest BCUT2D eigenvalue weighted by Crippen LogP contribution is 2.50. The van der Waals surface area contributed by atoms with Crippen LogP contribution in [0.4, 0.5) is 0 Å². The van der Waals surface area contributed by atoms with Gasteiger partial charge < -0.3 is 10.3 Å². The Morgan fingerprint density at radius 2 is 1.34 bits per heavy atom. The first-order valence-corrected chi connectivity index (χ1v) is 12.1. The van der Waals surface area contributed by atoms with Crippen LogP contribution in [0.2, 0.25) is 0 Å². The van der Waals surface area contributed by atoms with E-state index in [2.05, 4.69) is 34.9 Å². The van der Waals surface area contributed by atoms with Crippen molar-refractivity contribution >= 4 is 29.3 Å². The molecule has 5 heteroatoms. The normalized spacial score (nSPS) is 18.4. The lowest BCUT2D eigenvalue weighted by atomic mass is 9.63. The highest BCUT2D eigenvalue weighted by Gasteiger charge is 2.53. The van der Waals surface area contributed by atoms with Crippen LogP contribution < -0.4 is 5.73 Å². The molecule has 2 aliphatic carbocycles. The third-order valence-corrected chi connectivity index (χ3v) is 7.81. The van der Waals surface area contributed by atoms with Gasteiger partial charge >= 0.3 is 0 Å². The molecule has 0 spiro atoms. The molecule has 0 radical (unpaired) electrons. The molecule has 0 unspecified atom stereocenters. The first-order valence-electron chi connectivity index (χ1n) is 12.1. The zero-order chi connectivity index (χ0) is 21.3. The van der Waals surface area contributed by atoms with Crippen LogP contribution in [-0.2, 0) is 10.3 Å². The van der Waals surface area contributed by atoms with Crippen molar-refractivity contribution in [2.75, 3.05) is 0 Å². The van der Waals surface area contributed by atoms with Crippen molar-refractivity contribution in [3.05, 3.63) is 54.6 Å². The number of halogens is 1. The van der Waals surface area contributed by atoms with Crippen molar-refractivity contribution in [3.63, 3.8) is 0 Å². The van der Waals surface area contributed by atoms with Gasteiger partial charge in [0.25, 0.3) is 0 Å². The molecule has 0 saturated heterocycles. The van der Waals surface area contributed by atoms with Crippen LogP contribution in [-0.4, -0.2) is 15.5 Å². The number of carbonyl (C=O) groups is 1. The predicted octanol–water partition coefficient (Wildman–Crippen LogP) is 6.47. The average Bonchev–Trinajstić information content (AvgIpc) is 3.21. The molecule has 1 heterocycles. The van der Waals surface area contributed by atoms with Gasteiger partial charge in [-0.25, -0.2) is 4.98 Å². The van der Waals surface area contributed by atoms with Crippen LogP contribution in [0.25, 0.3) is 22.4 Å². The van der Waals surface area contributed by atoms with Gasteiger partial charge in [-0.2, -0.15) is 0 Å². The van der Waals surface area contributed by atoms with Crippen LogP contribution in [0.3, 0.4) is 0 Å². The standard InChI is InChI=1S/C27H33N3O.ClH/c28-26(31)27(21-14-6-2-7-15-21,22-16-8-3-9-17-22)30-24-19-11-10-18-23(24)29-25(30)20-12-4-1-5-13-20;/h1,4-5,10-13,18-19,21-22H,2-3,6-9,14-17H2,(H2,28,31);1H. The lowest BCUT2D eigenvalue weighted by Gasteiger charge is -2.48. The maximum absolute atomic E-state index is 13.7. The van der Waals surface area contributed by atoms with Gasteiger partial charge in [0.2, 0.25) is 5.91 Å². The topological polar surface area (TPSA) is 60.9 Å². The van der Waals surface area contributed by atoms with Gasteiger partial charge in [-0.1, -0.05) is 81.0 Å². The molecule has 2 N–H and O–H groups in total. The Morgan fingerprint density at radius 3 is 1.91 bits per heavy atom. The Hall–Kier alpha value is -2.33. The van der Waals surface area contributed by atoms with Crippen LogP contribution in [0.5, 0.6) is 0 Å². The van der Waals surface area contributed by atoms with E-state index < -0.39 is 5.54 Å². The summed E-state index contributed by atoms with van der Waals surface area (Å²) in [5.74, 6) is 1.26. The molecule has 4 nitrogen and oxygen atoms in total. The average molecular weight is 452 g/mol. The molecule has 1 amide bonds. The number of para-hydroxylation sites is 2. The van der Waals surface area contributed by atoms with E-state index in [9.17, 15) is 4.79 Å². The molecule has 2 saturated carbocycles. The third kappa shape index (κ3) is 3.73. The zero-order valence-corrected chi connectivity index (χ0v) is 19.5. The molecule has 32 heavy (non-hydrogen) atoms. The summed E-state index contributed by atoms with van der Waals surface area (Å²) in [7, 11) is 0. The summed E-state index contributed by atoms with van der Waals surface area (Å²) in [5, 5.41) is 0. The van der Waals surface area contributed by atoms with E-state index in [1.807, 2.05) is 24.3 Å². The van der Waals surface area contributed by atoms with E-state index in [1.54, 1.807) is 0 Å². The number of benzene rings is 2. The zero-order valence-electron chi connectivity index (χ0n) is 18.7. The molecule has 170 valence electrons. The number of amides is 1. The van der Waals surface area contributed by atoms with Crippen LogP contribution in [0.15, 0.2) is 54.6 Å². The minimum Gasteiger partial charge on any atom is -0.368 e. The molecule has 0 atom stereocenters. The van der Waals surface area contributed by atoms with E-state index in [1.165, 1.54) is 38.5 Å². The van der Waals surface area contributed by atoms with Crippen molar-refractivity contribution in [2.24, 2.45) is 17.6 Å². The van der Waals surface area contributed by atoms with Crippen molar-refractivity contribution in [2.45, 2.75) is 69.7 Å². The molecule has 2 fully saturated rings. The molecule has 2 aliphatic rings. The number of aromatic nitrogens is 2. The second-order valence-corrected chi connectivity index (χ2v) is 9.49. The Balaban J connectivity index is 0.00000245. The Morgan fingerprint density at radius 1 is 0.812 bits per heavy atom. The highest BCUT2D eigenvalue weighted by molar-refractivity contribution is 5.89. The number of nitrogens with zero attached hydrogens (tertiary/aromatic N) is 2. The Bertz CT molecular complexity index is 1030. The van der Waals surface area contributed by atoms with Gasteiger partial charge in [0.15, 0.2) is 0 Å². The summed E-state index contributed by atoms with van der Waals surface area (Å²) in [5.41, 5.74) is 8.79. The summed E-state index contributed by atoms with van der Waals surface area (Å²) in [4.78, 5) is 18.8. The fourth-order valence-corrected chi connectivity index (χ4v) is 6.48. The largest absolute Gasteiger partial charge is 0.368 e. The predicted molar refractivity (Wildman–Crippen MR) is 133 cm³/mol. The van der Waals surface area contributed by atoms with Crippen LogP contribution in [0.1, 0.15) is 64.2 Å². The SMILES string of the molecule is Cl.NC(=O)C(C1CCCCC1)(C1CCCCC1)n1c(-c2ccccc2)nc2ccccc21. The lowest BCUT2D eigenvalue weighted by molar-refractivity contribution is -0.135. The number of nitrogens with two attached hydrogens (primary N) is 1. The van der Waals surface area contributed by atoms with Crippen LogP contribution >= 0.6 is 12.4 Å². The molecule has 5 rings (SSSR count). The lowest BCUT2D eigenvalue weighted by Crippen LogP contribution is -2.58. The quantitative estimate of drug-likeness (QED) is 0.483. The van der Waals surface area contributed by atoms with Crippen molar-refractivity contribution < 1.29 is 4.79 Å². The summed E-state index contributed by atoms with van der Waals surface area (Å²) >= 11 is 0. The van der Waals surface area contributed by atoms with Gasteiger partial charge in [0.05, 0.1) is 11.0 Å². The maximum atomic E-state index is 13.7. The number of hydrogen-bond donors (Lipinski definition) is 1. The van der Waals surface area contributed by atoms with Gasteiger partial charge in [-0.15, -0.1) is 12.4 Å². The van der Waals surface area contributed by atoms with Crippen molar-refractivity contribution in [3.8, 4) is 11.4 Å². The number of carbonyl (C=O) groups excluding carboxylic acids is 1. The summed E-state index contributed by atoms with van der Waals surface area (Å²) in [6.07, 6.45) is 11.5. The number of primary amides is 1. The monoisotopic (exact) mass is 451 g/mol. The molecular formula is C27H34ClN3O. The first-order chi connectivity index (χ1) is 15.2. The van der Waals surface area contributed by atoms with E-state index in [4.69, 9.17) is 10.7 Å². The molecule has 3 aromatic rings. The van der Waals surface area contributed by atoms with Gasteiger partial charge in [0, 0.05) is 5.56 Å². The number of hydrogen-bond acceptors (Lipinski definition) is 2. The van der Waals surface area contributed by atoms with Crippen LogP contribution in [0, 0.1) is 11.8 Å².